The summed E-state index contributed by atoms with van der Waals surface area (Å²) in [5, 5.41) is 0.760. The first-order chi connectivity index (χ1) is 11.7. The minimum absolute atomic E-state index is 0.234. The van der Waals surface area contributed by atoms with E-state index in [4.69, 9.17) is 13.9 Å². The van der Waals surface area contributed by atoms with Crippen LogP contribution in [0, 0.1) is 0 Å². The molecule has 2 heterocycles. The number of fused-ring (bicyclic) bond motifs is 3. The Labute approximate surface area is 138 Å². The normalized spacial score (nSPS) is 13.1. The molecule has 0 amide bonds. The lowest BCUT2D eigenvalue weighted by Gasteiger charge is -2.17. The van der Waals surface area contributed by atoms with Crippen molar-refractivity contribution in [3.05, 3.63) is 64.5 Å². The van der Waals surface area contributed by atoms with Crippen molar-refractivity contribution >= 4 is 22.4 Å². The third kappa shape index (κ3) is 2.54. The van der Waals surface area contributed by atoms with Gasteiger partial charge < -0.3 is 13.9 Å². The minimum atomic E-state index is -0.480. The molecule has 0 saturated heterocycles. The van der Waals surface area contributed by atoms with Crippen molar-refractivity contribution in [3.8, 4) is 11.5 Å². The second-order valence-corrected chi connectivity index (χ2v) is 5.56. The highest BCUT2D eigenvalue weighted by atomic mass is 16.5. The maximum absolute atomic E-state index is 12.2. The summed E-state index contributed by atoms with van der Waals surface area (Å²) >= 11 is 0. The molecule has 1 aromatic heterocycles. The lowest BCUT2D eigenvalue weighted by molar-refractivity contribution is 0.370. The fourth-order valence-corrected chi connectivity index (χ4v) is 2.81. The number of benzene rings is 2. The van der Waals surface area contributed by atoms with Gasteiger partial charge in [-0.2, -0.15) is 0 Å². The highest BCUT2D eigenvalue weighted by molar-refractivity contribution is 5.96. The predicted octanol–water partition coefficient (Wildman–Crippen LogP) is 3.51. The van der Waals surface area contributed by atoms with E-state index in [0.29, 0.717) is 24.4 Å². The number of hydrogen-bond donors (Lipinski definition) is 0. The molecule has 0 aliphatic carbocycles. The van der Waals surface area contributed by atoms with Crippen LogP contribution in [0.25, 0.3) is 11.0 Å². The minimum Gasteiger partial charge on any atom is -0.497 e. The van der Waals surface area contributed by atoms with Gasteiger partial charge in [0.05, 0.1) is 18.2 Å². The quantitative estimate of drug-likeness (QED) is 0.693. The van der Waals surface area contributed by atoms with Gasteiger partial charge in [0, 0.05) is 6.42 Å². The van der Waals surface area contributed by atoms with E-state index in [-0.39, 0.29) is 5.69 Å². The van der Waals surface area contributed by atoms with Crippen molar-refractivity contribution < 1.29 is 13.9 Å². The molecule has 1 aliphatic rings. The summed E-state index contributed by atoms with van der Waals surface area (Å²) in [5.41, 5.74) is 2.08. The molecule has 2 aromatic carbocycles. The van der Waals surface area contributed by atoms with Crippen molar-refractivity contribution in [2.75, 3.05) is 13.7 Å². The number of hydrogen-bond acceptors (Lipinski definition) is 5. The van der Waals surface area contributed by atoms with E-state index in [1.807, 2.05) is 42.5 Å². The summed E-state index contributed by atoms with van der Waals surface area (Å²) in [7, 11) is 1.63. The van der Waals surface area contributed by atoms with E-state index < -0.39 is 5.63 Å². The van der Waals surface area contributed by atoms with Gasteiger partial charge in [0.2, 0.25) is 0 Å². The molecule has 5 nitrogen and oxygen atoms in total. The summed E-state index contributed by atoms with van der Waals surface area (Å²) in [6.45, 7) is 0.345. The van der Waals surface area contributed by atoms with Crippen LogP contribution in [0.5, 0.6) is 11.5 Å². The molecular weight excluding hydrogens is 306 g/mol. The van der Waals surface area contributed by atoms with E-state index in [1.165, 1.54) is 0 Å². The maximum Gasteiger partial charge on any atom is 0.366 e. The van der Waals surface area contributed by atoms with Crippen molar-refractivity contribution in [1.29, 1.82) is 0 Å². The second-order valence-electron chi connectivity index (χ2n) is 5.56. The van der Waals surface area contributed by atoms with E-state index in [2.05, 4.69) is 4.99 Å². The molecule has 1 aliphatic heterocycles. The summed E-state index contributed by atoms with van der Waals surface area (Å²) in [5.74, 6) is 1.28. The molecule has 120 valence electrons. The van der Waals surface area contributed by atoms with Gasteiger partial charge in [0.25, 0.3) is 0 Å². The summed E-state index contributed by atoms with van der Waals surface area (Å²) < 4.78 is 16.4. The Morgan fingerprint density at radius 2 is 2.04 bits per heavy atom. The molecule has 0 bridgehead atoms. The third-order valence-corrected chi connectivity index (χ3v) is 3.94. The maximum atomic E-state index is 12.2. The molecule has 0 atom stereocenters. The van der Waals surface area contributed by atoms with Crippen LogP contribution < -0.4 is 15.1 Å². The average molecular weight is 321 g/mol. The molecule has 0 N–H and O–H groups in total. The topological polar surface area (TPSA) is 61.0 Å². The van der Waals surface area contributed by atoms with Crippen LogP contribution in [0.15, 0.2) is 62.7 Å². The van der Waals surface area contributed by atoms with E-state index in [0.717, 1.165) is 22.4 Å². The summed E-state index contributed by atoms with van der Waals surface area (Å²) in [6.07, 6.45) is 0.586. The zero-order valence-corrected chi connectivity index (χ0v) is 13.1. The van der Waals surface area contributed by atoms with E-state index in [9.17, 15) is 4.79 Å². The van der Waals surface area contributed by atoms with Gasteiger partial charge >= 0.3 is 5.63 Å². The monoisotopic (exact) mass is 321 g/mol. The molecule has 0 fully saturated rings. The molecule has 24 heavy (non-hydrogen) atoms. The third-order valence-electron chi connectivity index (χ3n) is 3.94. The smallest absolute Gasteiger partial charge is 0.366 e. The molecule has 3 aromatic rings. The van der Waals surface area contributed by atoms with Gasteiger partial charge in [-0.25, -0.2) is 9.79 Å². The van der Waals surface area contributed by atoms with Gasteiger partial charge in [0.1, 0.15) is 17.9 Å². The van der Waals surface area contributed by atoms with Crippen LogP contribution in [-0.2, 0) is 6.42 Å². The Balaban J connectivity index is 1.74. The Bertz CT molecular complexity index is 1000. The van der Waals surface area contributed by atoms with Gasteiger partial charge in [-0.05, 0) is 29.8 Å². The van der Waals surface area contributed by atoms with Gasteiger partial charge in [-0.3, -0.25) is 0 Å². The first kappa shape index (κ1) is 14.5. The van der Waals surface area contributed by atoms with E-state index >= 15 is 0 Å². The fraction of sp³-hybridized carbons (Fsp3) is 0.158. The molecule has 5 heteroatoms. The Morgan fingerprint density at radius 3 is 2.92 bits per heavy atom. The average Bonchev–Trinajstić information content (AvgIpc) is 2.62. The molecule has 4 rings (SSSR count). The highest BCUT2D eigenvalue weighted by Gasteiger charge is 2.21. The lowest BCUT2D eigenvalue weighted by atomic mass is 10.1. The van der Waals surface area contributed by atoms with Crippen LogP contribution in [0.4, 0.5) is 5.69 Å². The largest absolute Gasteiger partial charge is 0.497 e. The zero-order valence-electron chi connectivity index (χ0n) is 13.1. The van der Waals surface area contributed by atoms with Crippen molar-refractivity contribution in [2.24, 2.45) is 4.99 Å². The number of ether oxygens (including phenoxy) is 2. The molecule has 0 radical (unpaired) electrons. The number of methoxy groups -OCH3 is 1. The summed E-state index contributed by atoms with van der Waals surface area (Å²) in [6, 6.07) is 15.0. The highest BCUT2D eigenvalue weighted by Crippen LogP contribution is 2.35. The van der Waals surface area contributed by atoms with Crippen LogP contribution in [0.3, 0.4) is 0 Å². The van der Waals surface area contributed by atoms with Crippen LogP contribution in [-0.4, -0.2) is 19.4 Å². The summed E-state index contributed by atoms with van der Waals surface area (Å²) in [4.78, 5) is 16.7. The van der Waals surface area contributed by atoms with Gasteiger partial charge in [-0.15, -0.1) is 0 Å². The number of para-hydroxylation sites is 1. The predicted molar refractivity (Wildman–Crippen MR) is 91.8 cm³/mol. The Morgan fingerprint density at radius 1 is 1.17 bits per heavy atom. The van der Waals surface area contributed by atoms with E-state index in [1.54, 1.807) is 13.2 Å². The Hall–Kier alpha value is -3.08. The molecular formula is C19H15NO4. The van der Waals surface area contributed by atoms with Crippen LogP contribution in [0.1, 0.15) is 5.56 Å². The molecule has 0 saturated carbocycles. The molecule has 0 spiro atoms. The SMILES string of the molecule is COc1cccc(CC2=Nc3c(c4ccccc4oc3=O)OC2)c1. The van der Waals surface area contributed by atoms with Gasteiger partial charge in [0.15, 0.2) is 11.4 Å². The van der Waals surface area contributed by atoms with Crippen molar-refractivity contribution in [3.63, 3.8) is 0 Å². The Kier molecular flexibility index (Phi) is 3.54. The molecule has 0 unspecified atom stereocenters. The standard InChI is InChI=1S/C19H15NO4/c1-22-14-6-4-5-12(10-14)9-13-11-23-18-15-7-2-3-8-16(15)24-19(21)17(18)20-13/h2-8,10H,9,11H2,1H3. The number of aliphatic imine (C=N–C) groups is 1. The number of nitrogens with zero attached hydrogens (tertiary/aromatic N) is 1. The van der Waals surface area contributed by atoms with Crippen molar-refractivity contribution in [2.45, 2.75) is 6.42 Å². The van der Waals surface area contributed by atoms with Gasteiger partial charge in [-0.1, -0.05) is 24.3 Å². The second kappa shape index (κ2) is 5.85. The van der Waals surface area contributed by atoms with Crippen LogP contribution in [0.2, 0.25) is 0 Å². The lowest BCUT2D eigenvalue weighted by Crippen LogP contribution is -2.20. The van der Waals surface area contributed by atoms with Crippen LogP contribution >= 0.6 is 0 Å². The first-order valence-electron chi connectivity index (χ1n) is 7.62. The van der Waals surface area contributed by atoms with Crippen molar-refractivity contribution in [1.82, 2.24) is 0 Å². The fourth-order valence-electron chi connectivity index (χ4n) is 2.81. The first-order valence-corrected chi connectivity index (χ1v) is 7.62. The zero-order chi connectivity index (χ0) is 16.5. The number of rotatable bonds is 3.